The highest BCUT2D eigenvalue weighted by molar-refractivity contribution is 7.87. The number of nitrogens with one attached hydrogen (secondary N) is 1. The van der Waals surface area contributed by atoms with Crippen LogP contribution in [0, 0.1) is 5.92 Å². The Labute approximate surface area is 67.3 Å². The van der Waals surface area contributed by atoms with Gasteiger partial charge in [0, 0.05) is 6.54 Å². The summed E-state index contributed by atoms with van der Waals surface area (Å²) in [7, 11) is -3.46. The number of rotatable bonds is 3. The first-order valence-corrected chi connectivity index (χ1v) is 5.40. The van der Waals surface area contributed by atoms with Crippen LogP contribution in [0.2, 0.25) is 0 Å². The van der Waals surface area contributed by atoms with Crippen molar-refractivity contribution in [3.63, 3.8) is 0 Å². The van der Waals surface area contributed by atoms with Gasteiger partial charge in [0.05, 0.1) is 0 Å². The maximum absolute atomic E-state index is 10.5. The summed E-state index contributed by atoms with van der Waals surface area (Å²) in [5.74, 6) is 0.508. The summed E-state index contributed by atoms with van der Waals surface area (Å²) in [5.41, 5.74) is 0. The molecule has 0 saturated heterocycles. The van der Waals surface area contributed by atoms with Crippen molar-refractivity contribution in [2.45, 2.75) is 25.7 Å². The van der Waals surface area contributed by atoms with Gasteiger partial charge in [0.25, 0.3) is 10.2 Å². The van der Waals surface area contributed by atoms with Crippen molar-refractivity contribution in [2.75, 3.05) is 6.54 Å². The van der Waals surface area contributed by atoms with Crippen LogP contribution >= 0.6 is 0 Å². The van der Waals surface area contributed by atoms with Crippen LogP contribution in [0.15, 0.2) is 0 Å². The van der Waals surface area contributed by atoms with Gasteiger partial charge in [-0.3, -0.25) is 0 Å². The van der Waals surface area contributed by atoms with E-state index in [0.29, 0.717) is 12.5 Å². The molecule has 0 amide bonds. The highest BCUT2D eigenvalue weighted by Crippen LogP contribution is 2.23. The van der Waals surface area contributed by atoms with Crippen molar-refractivity contribution in [1.82, 2.24) is 4.72 Å². The molecule has 0 aromatic rings. The van der Waals surface area contributed by atoms with Crippen molar-refractivity contribution in [2.24, 2.45) is 11.1 Å². The van der Waals surface area contributed by atoms with E-state index >= 15 is 0 Å². The van der Waals surface area contributed by atoms with Crippen LogP contribution in [0.25, 0.3) is 0 Å². The molecule has 66 valence electrons. The first kappa shape index (κ1) is 8.96. The standard InChI is InChI=1S/C6H14N2O2S/c7-11(9,10)8-5-6-3-1-2-4-6/h6,8H,1-5H2,(H2,7,9,10). The molecule has 1 aliphatic rings. The molecular weight excluding hydrogens is 164 g/mol. The molecule has 0 radical (unpaired) electrons. The number of hydrogen-bond acceptors (Lipinski definition) is 2. The topological polar surface area (TPSA) is 72.2 Å². The molecule has 0 aromatic heterocycles. The van der Waals surface area contributed by atoms with E-state index in [1.54, 1.807) is 0 Å². The Morgan fingerprint density at radius 2 is 1.91 bits per heavy atom. The molecule has 1 fully saturated rings. The number of hydrogen-bond donors (Lipinski definition) is 2. The molecular formula is C6H14N2O2S. The van der Waals surface area contributed by atoms with Gasteiger partial charge in [-0.1, -0.05) is 12.8 Å². The van der Waals surface area contributed by atoms with Crippen LogP contribution < -0.4 is 9.86 Å². The first-order chi connectivity index (χ1) is 5.08. The van der Waals surface area contributed by atoms with Gasteiger partial charge in [-0.05, 0) is 18.8 Å². The largest absolute Gasteiger partial charge is 0.274 e. The molecule has 0 aromatic carbocycles. The number of nitrogens with two attached hydrogens (primary N) is 1. The minimum atomic E-state index is -3.46. The monoisotopic (exact) mass is 178 g/mol. The fourth-order valence-electron chi connectivity index (χ4n) is 1.45. The summed E-state index contributed by atoms with van der Waals surface area (Å²) in [4.78, 5) is 0. The Bertz CT molecular complexity index is 207. The van der Waals surface area contributed by atoms with Crippen LogP contribution in [0.4, 0.5) is 0 Å². The van der Waals surface area contributed by atoms with Crippen molar-refractivity contribution in [3.8, 4) is 0 Å². The second-order valence-electron chi connectivity index (χ2n) is 3.04. The lowest BCUT2D eigenvalue weighted by Gasteiger charge is -2.07. The average Bonchev–Trinajstić information content (AvgIpc) is 2.32. The van der Waals surface area contributed by atoms with Crippen LogP contribution in [0.5, 0.6) is 0 Å². The van der Waals surface area contributed by atoms with Gasteiger partial charge < -0.3 is 0 Å². The lowest BCUT2D eigenvalue weighted by atomic mass is 10.1. The molecule has 1 aliphatic carbocycles. The zero-order valence-corrected chi connectivity index (χ0v) is 7.23. The van der Waals surface area contributed by atoms with Crippen molar-refractivity contribution >= 4 is 10.2 Å². The van der Waals surface area contributed by atoms with Gasteiger partial charge in [0.2, 0.25) is 0 Å². The minimum absolute atomic E-state index is 0.508. The maximum Gasteiger partial charge on any atom is 0.274 e. The molecule has 0 unspecified atom stereocenters. The third-order valence-electron chi connectivity index (χ3n) is 2.05. The van der Waals surface area contributed by atoms with E-state index in [-0.39, 0.29) is 0 Å². The minimum Gasteiger partial charge on any atom is -0.216 e. The Kier molecular flexibility index (Phi) is 2.86. The summed E-state index contributed by atoms with van der Waals surface area (Å²) in [5, 5.41) is 4.77. The predicted molar refractivity (Wildman–Crippen MR) is 43.1 cm³/mol. The van der Waals surface area contributed by atoms with Gasteiger partial charge in [-0.2, -0.15) is 8.42 Å². The van der Waals surface area contributed by atoms with E-state index in [9.17, 15) is 8.42 Å². The Morgan fingerprint density at radius 1 is 1.36 bits per heavy atom. The maximum atomic E-state index is 10.5. The smallest absolute Gasteiger partial charge is 0.216 e. The Morgan fingerprint density at radius 3 is 2.36 bits per heavy atom. The first-order valence-electron chi connectivity index (χ1n) is 3.85. The third-order valence-corrected chi connectivity index (χ3v) is 2.62. The van der Waals surface area contributed by atoms with Gasteiger partial charge in [-0.15, -0.1) is 0 Å². The summed E-state index contributed by atoms with van der Waals surface area (Å²) < 4.78 is 23.2. The predicted octanol–water partition coefficient (Wildman–Crippen LogP) is -0.0303. The van der Waals surface area contributed by atoms with Crippen LogP contribution in [-0.4, -0.2) is 15.0 Å². The van der Waals surface area contributed by atoms with Gasteiger partial charge in [0.1, 0.15) is 0 Å². The fraction of sp³-hybridized carbons (Fsp3) is 1.00. The highest BCUT2D eigenvalue weighted by atomic mass is 32.2. The van der Waals surface area contributed by atoms with Crippen molar-refractivity contribution < 1.29 is 8.42 Å². The zero-order chi connectivity index (χ0) is 8.32. The lowest BCUT2D eigenvalue weighted by molar-refractivity contribution is 0.520. The SMILES string of the molecule is NS(=O)(=O)NCC1CCCC1. The van der Waals surface area contributed by atoms with Crippen molar-refractivity contribution in [1.29, 1.82) is 0 Å². The molecule has 4 nitrogen and oxygen atoms in total. The van der Waals surface area contributed by atoms with E-state index in [2.05, 4.69) is 4.72 Å². The molecule has 0 aliphatic heterocycles. The van der Waals surface area contributed by atoms with E-state index in [0.717, 1.165) is 12.8 Å². The fourth-order valence-corrected chi connectivity index (χ4v) is 1.92. The van der Waals surface area contributed by atoms with Gasteiger partial charge >= 0.3 is 0 Å². The Hall–Kier alpha value is -0.130. The molecule has 11 heavy (non-hydrogen) atoms. The summed E-state index contributed by atoms with van der Waals surface area (Å²) >= 11 is 0. The van der Waals surface area contributed by atoms with E-state index < -0.39 is 10.2 Å². The average molecular weight is 178 g/mol. The summed E-state index contributed by atoms with van der Waals surface area (Å²) in [6.07, 6.45) is 4.69. The molecule has 0 bridgehead atoms. The molecule has 3 N–H and O–H groups in total. The van der Waals surface area contributed by atoms with Crippen LogP contribution in [0.3, 0.4) is 0 Å². The summed E-state index contributed by atoms with van der Waals surface area (Å²) in [6.45, 7) is 0.513. The quantitative estimate of drug-likeness (QED) is 0.637. The van der Waals surface area contributed by atoms with Crippen LogP contribution in [-0.2, 0) is 10.2 Å². The van der Waals surface area contributed by atoms with E-state index in [1.165, 1.54) is 12.8 Å². The molecule has 1 rings (SSSR count). The van der Waals surface area contributed by atoms with Crippen molar-refractivity contribution in [3.05, 3.63) is 0 Å². The summed E-state index contributed by atoms with van der Waals surface area (Å²) in [6, 6.07) is 0. The molecule has 1 saturated carbocycles. The zero-order valence-electron chi connectivity index (χ0n) is 6.41. The third kappa shape index (κ3) is 3.69. The highest BCUT2D eigenvalue weighted by Gasteiger charge is 2.15. The molecule has 5 heteroatoms. The molecule has 0 spiro atoms. The second-order valence-corrected chi connectivity index (χ2v) is 4.42. The Balaban J connectivity index is 2.22. The second kappa shape index (κ2) is 3.51. The van der Waals surface area contributed by atoms with Crippen LogP contribution in [0.1, 0.15) is 25.7 Å². The van der Waals surface area contributed by atoms with Gasteiger partial charge in [0.15, 0.2) is 0 Å². The van der Waals surface area contributed by atoms with E-state index in [1.807, 2.05) is 0 Å². The normalized spacial score (nSPS) is 20.8. The molecule has 0 atom stereocenters. The lowest BCUT2D eigenvalue weighted by Crippen LogP contribution is -2.34. The molecule has 0 heterocycles. The van der Waals surface area contributed by atoms with E-state index in [4.69, 9.17) is 5.14 Å². The van der Waals surface area contributed by atoms with Gasteiger partial charge in [-0.25, -0.2) is 9.86 Å².